The van der Waals surface area contributed by atoms with Crippen LogP contribution in [0.3, 0.4) is 0 Å². The Morgan fingerprint density at radius 1 is 1.42 bits per heavy atom. The van der Waals surface area contributed by atoms with Crippen LogP contribution in [-0.4, -0.2) is 18.2 Å². The van der Waals surface area contributed by atoms with Gasteiger partial charge in [0.1, 0.15) is 0 Å². The zero-order chi connectivity index (χ0) is 13.8. The van der Waals surface area contributed by atoms with Gasteiger partial charge in [-0.25, -0.2) is 5.43 Å². The Hall–Kier alpha value is -1.26. The lowest BCUT2D eigenvalue weighted by Crippen LogP contribution is -2.53. The summed E-state index contributed by atoms with van der Waals surface area (Å²) in [6.07, 6.45) is 4.87. The van der Waals surface area contributed by atoms with Crippen LogP contribution in [-0.2, 0) is 4.79 Å². The first-order chi connectivity index (χ1) is 9.11. The molecular formula is C15H20N2OS. The van der Waals surface area contributed by atoms with Gasteiger partial charge in [0.15, 0.2) is 0 Å². The summed E-state index contributed by atoms with van der Waals surface area (Å²) in [5, 5.41) is 0. The molecule has 1 heterocycles. The average molecular weight is 276 g/mol. The molecule has 4 heteroatoms. The van der Waals surface area contributed by atoms with Gasteiger partial charge in [-0.1, -0.05) is 36.8 Å². The highest BCUT2D eigenvalue weighted by Crippen LogP contribution is 2.25. The Kier molecular flexibility index (Phi) is 4.66. The Morgan fingerprint density at radius 2 is 2.16 bits per heavy atom. The maximum atomic E-state index is 11.3. The van der Waals surface area contributed by atoms with Gasteiger partial charge in [-0.15, -0.1) is 11.8 Å². The van der Waals surface area contributed by atoms with Crippen LogP contribution in [0, 0.1) is 5.92 Å². The standard InChI is InChI=1S/C15H20N2OS/c1-10(15-11(2)9-14(18)16-17-15)8-12-6-4-5-7-13(12)19-3/h4-8,11,15,17H,9H2,1-3H3,(H,16,18)/b10-8+. The predicted molar refractivity (Wildman–Crippen MR) is 80.7 cm³/mol. The SMILES string of the molecule is CSc1ccccc1/C=C(\C)C1NNC(=O)CC1C. The fourth-order valence-corrected chi connectivity index (χ4v) is 3.02. The van der Waals surface area contributed by atoms with Gasteiger partial charge in [0.05, 0.1) is 6.04 Å². The van der Waals surface area contributed by atoms with Crippen molar-refractivity contribution in [3.8, 4) is 0 Å². The molecule has 3 nitrogen and oxygen atoms in total. The molecule has 1 aromatic carbocycles. The first-order valence-electron chi connectivity index (χ1n) is 6.47. The third-order valence-corrected chi connectivity index (χ3v) is 4.27. The van der Waals surface area contributed by atoms with Crippen molar-refractivity contribution in [3.63, 3.8) is 0 Å². The summed E-state index contributed by atoms with van der Waals surface area (Å²) in [7, 11) is 0. The van der Waals surface area contributed by atoms with Gasteiger partial charge in [-0.05, 0) is 30.7 Å². The maximum Gasteiger partial charge on any atom is 0.234 e. The number of amides is 1. The largest absolute Gasteiger partial charge is 0.291 e. The van der Waals surface area contributed by atoms with Crippen LogP contribution in [0.1, 0.15) is 25.8 Å². The number of nitrogens with one attached hydrogen (secondary N) is 2. The van der Waals surface area contributed by atoms with Crippen molar-refractivity contribution < 1.29 is 4.79 Å². The van der Waals surface area contributed by atoms with E-state index in [0.29, 0.717) is 12.3 Å². The number of hydrogen-bond donors (Lipinski definition) is 2. The fraction of sp³-hybridized carbons (Fsp3) is 0.400. The molecule has 19 heavy (non-hydrogen) atoms. The summed E-state index contributed by atoms with van der Waals surface area (Å²) in [5.74, 6) is 0.382. The lowest BCUT2D eigenvalue weighted by atomic mass is 9.90. The summed E-state index contributed by atoms with van der Waals surface area (Å²) in [6, 6.07) is 8.57. The molecule has 0 saturated carbocycles. The molecule has 0 aromatic heterocycles. The Balaban J connectivity index is 2.20. The van der Waals surface area contributed by atoms with E-state index in [0.717, 1.165) is 0 Å². The average Bonchev–Trinajstić information content (AvgIpc) is 2.39. The smallest absolute Gasteiger partial charge is 0.234 e. The van der Waals surface area contributed by atoms with Crippen molar-refractivity contribution in [2.45, 2.75) is 31.2 Å². The van der Waals surface area contributed by atoms with Gasteiger partial charge in [0, 0.05) is 11.3 Å². The number of rotatable bonds is 3. The third-order valence-electron chi connectivity index (χ3n) is 3.46. The molecule has 0 spiro atoms. The van der Waals surface area contributed by atoms with Crippen LogP contribution in [0.5, 0.6) is 0 Å². The highest BCUT2D eigenvalue weighted by Gasteiger charge is 2.26. The summed E-state index contributed by atoms with van der Waals surface area (Å²) >= 11 is 1.75. The number of carbonyl (C=O) groups excluding carboxylic acids is 1. The van der Waals surface area contributed by atoms with E-state index in [1.54, 1.807) is 11.8 Å². The van der Waals surface area contributed by atoms with Gasteiger partial charge in [-0.2, -0.15) is 0 Å². The Morgan fingerprint density at radius 3 is 2.84 bits per heavy atom. The molecule has 1 saturated heterocycles. The topological polar surface area (TPSA) is 41.1 Å². The molecule has 0 radical (unpaired) electrons. The fourth-order valence-electron chi connectivity index (χ4n) is 2.45. The Bertz CT molecular complexity index is 499. The zero-order valence-electron chi connectivity index (χ0n) is 11.6. The third kappa shape index (κ3) is 3.39. The lowest BCUT2D eigenvalue weighted by Gasteiger charge is -2.30. The second kappa shape index (κ2) is 6.26. The van der Waals surface area contributed by atoms with E-state index in [1.165, 1.54) is 16.0 Å². The second-order valence-corrected chi connectivity index (χ2v) is 5.83. The molecule has 1 fully saturated rings. The van der Waals surface area contributed by atoms with Crippen molar-refractivity contribution in [1.82, 2.24) is 10.9 Å². The van der Waals surface area contributed by atoms with Gasteiger partial charge in [-0.3, -0.25) is 10.2 Å². The van der Waals surface area contributed by atoms with Crippen molar-refractivity contribution >= 4 is 23.7 Å². The van der Waals surface area contributed by atoms with Crippen molar-refractivity contribution in [2.24, 2.45) is 5.92 Å². The maximum absolute atomic E-state index is 11.3. The van der Waals surface area contributed by atoms with Crippen molar-refractivity contribution in [3.05, 3.63) is 35.4 Å². The van der Waals surface area contributed by atoms with Crippen molar-refractivity contribution in [1.29, 1.82) is 0 Å². The lowest BCUT2D eigenvalue weighted by molar-refractivity contribution is -0.125. The quantitative estimate of drug-likeness (QED) is 0.834. The van der Waals surface area contributed by atoms with Gasteiger partial charge in [0.2, 0.25) is 5.91 Å². The summed E-state index contributed by atoms with van der Waals surface area (Å²) in [4.78, 5) is 12.6. The molecule has 102 valence electrons. The molecule has 1 aliphatic heterocycles. The molecule has 1 aliphatic rings. The van der Waals surface area contributed by atoms with Crippen LogP contribution in [0.2, 0.25) is 0 Å². The van der Waals surface area contributed by atoms with E-state index < -0.39 is 0 Å². The minimum atomic E-state index is 0.0704. The number of thioether (sulfide) groups is 1. The van der Waals surface area contributed by atoms with E-state index in [4.69, 9.17) is 0 Å². The highest BCUT2D eigenvalue weighted by atomic mass is 32.2. The molecular weight excluding hydrogens is 256 g/mol. The van der Waals surface area contributed by atoms with Gasteiger partial charge >= 0.3 is 0 Å². The predicted octanol–water partition coefficient (Wildman–Crippen LogP) is 2.84. The van der Waals surface area contributed by atoms with Crippen LogP contribution in [0.4, 0.5) is 0 Å². The van der Waals surface area contributed by atoms with Gasteiger partial charge < -0.3 is 0 Å². The highest BCUT2D eigenvalue weighted by molar-refractivity contribution is 7.98. The van der Waals surface area contributed by atoms with Crippen LogP contribution >= 0.6 is 11.8 Å². The van der Waals surface area contributed by atoms with E-state index >= 15 is 0 Å². The van der Waals surface area contributed by atoms with Crippen LogP contribution in [0.25, 0.3) is 6.08 Å². The normalized spacial score (nSPS) is 24.2. The van der Waals surface area contributed by atoms with E-state index in [2.05, 4.69) is 61.3 Å². The molecule has 1 aromatic rings. The molecule has 2 atom stereocenters. The van der Waals surface area contributed by atoms with E-state index in [1.807, 2.05) is 0 Å². The first-order valence-corrected chi connectivity index (χ1v) is 7.70. The van der Waals surface area contributed by atoms with Crippen molar-refractivity contribution in [2.75, 3.05) is 6.26 Å². The van der Waals surface area contributed by atoms with Gasteiger partial charge in [0.25, 0.3) is 0 Å². The molecule has 1 amide bonds. The zero-order valence-corrected chi connectivity index (χ0v) is 12.4. The van der Waals surface area contributed by atoms with Crippen LogP contribution < -0.4 is 10.9 Å². The molecule has 0 aliphatic carbocycles. The summed E-state index contributed by atoms with van der Waals surface area (Å²) in [6.45, 7) is 4.22. The second-order valence-electron chi connectivity index (χ2n) is 4.98. The number of hydrogen-bond acceptors (Lipinski definition) is 3. The molecule has 2 rings (SSSR count). The number of carbonyl (C=O) groups is 1. The minimum absolute atomic E-state index is 0.0704. The first kappa shape index (κ1) is 14.2. The molecule has 2 N–H and O–H groups in total. The monoisotopic (exact) mass is 276 g/mol. The number of hydrazine groups is 1. The van der Waals surface area contributed by atoms with E-state index in [9.17, 15) is 4.79 Å². The Labute approximate surface area is 118 Å². The number of benzene rings is 1. The molecule has 0 bridgehead atoms. The van der Waals surface area contributed by atoms with Crippen LogP contribution in [0.15, 0.2) is 34.7 Å². The van der Waals surface area contributed by atoms with E-state index in [-0.39, 0.29) is 11.9 Å². The summed E-state index contributed by atoms with van der Waals surface area (Å²) < 4.78 is 0. The summed E-state index contributed by atoms with van der Waals surface area (Å²) in [5.41, 5.74) is 8.30. The molecule has 2 unspecified atom stereocenters. The minimum Gasteiger partial charge on any atom is -0.291 e.